The van der Waals surface area contributed by atoms with E-state index in [9.17, 15) is 4.79 Å². The second kappa shape index (κ2) is 6.19. The molecule has 0 aromatic carbocycles. The third-order valence-corrected chi connectivity index (χ3v) is 0.470. The summed E-state index contributed by atoms with van der Waals surface area (Å²) in [6, 6.07) is 0. The Bertz CT molecular complexity index is 71.7. The van der Waals surface area contributed by atoms with Gasteiger partial charge in [0.2, 0.25) is 0 Å². The summed E-state index contributed by atoms with van der Waals surface area (Å²) in [6.45, 7) is 1.44. The number of rotatable bonds is 2. The number of aliphatic hydroxyl groups excluding tert-OH is 1. The molecule has 0 spiro atoms. The van der Waals surface area contributed by atoms with Gasteiger partial charge in [0.05, 0.1) is 12.5 Å². The Morgan fingerprint density at radius 2 is 2.12 bits per heavy atom. The summed E-state index contributed by atoms with van der Waals surface area (Å²) < 4.78 is 0. The summed E-state index contributed by atoms with van der Waals surface area (Å²) in [6.07, 6.45) is -0.891. The zero-order valence-corrected chi connectivity index (χ0v) is 8.21. The van der Waals surface area contributed by atoms with E-state index in [0.717, 1.165) is 0 Å². The first-order valence-electron chi connectivity index (χ1n) is 2.03. The molecule has 0 fully saturated rings. The van der Waals surface area contributed by atoms with E-state index in [1.54, 1.807) is 0 Å². The number of hydrogen-bond donors (Lipinski definition) is 2. The molecule has 0 heterocycles. The smallest absolute Gasteiger partial charge is 0.305 e. The summed E-state index contributed by atoms with van der Waals surface area (Å²) in [5.41, 5.74) is 0. The van der Waals surface area contributed by atoms with Gasteiger partial charge in [0, 0.05) is 51.4 Å². The number of carboxylic acid groups (broad SMARTS) is 1. The fraction of sp³-hybridized carbons (Fsp3) is 0.750. The molecule has 0 aliphatic carbocycles. The molecular weight excluding hydrogens is 135 g/mol. The minimum atomic E-state index is -0.963. The molecular formula is C4H8KO3. The molecule has 0 saturated carbocycles. The van der Waals surface area contributed by atoms with Crippen molar-refractivity contribution in [1.29, 1.82) is 0 Å². The predicted octanol–water partition coefficient (Wildman–Crippen LogP) is -0.539. The maximum atomic E-state index is 9.65. The zero-order valence-electron chi connectivity index (χ0n) is 5.09. The van der Waals surface area contributed by atoms with Crippen LogP contribution in [-0.4, -0.2) is 73.7 Å². The maximum absolute atomic E-state index is 9.65. The van der Waals surface area contributed by atoms with Gasteiger partial charge in [0.1, 0.15) is 0 Å². The summed E-state index contributed by atoms with van der Waals surface area (Å²) in [5, 5.41) is 16.3. The molecule has 0 amide bonds. The third kappa shape index (κ3) is 10.1. The Kier molecular flexibility index (Phi) is 9.14. The fourth-order valence-electron chi connectivity index (χ4n) is 0.253. The van der Waals surface area contributed by atoms with Gasteiger partial charge in [-0.3, -0.25) is 4.79 Å². The average molecular weight is 143 g/mol. The Labute approximate surface area is 90.5 Å². The molecule has 2 N–H and O–H groups in total. The van der Waals surface area contributed by atoms with E-state index in [4.69, 9.17) is 10.2 Å². The third-order valence-electron chi connectivity index (χ3n) is 0.470. The second-order valence-electron chi connectivity index (χ2n) is 1.45. The summed E-state index contributed by atoms with van der Waals surface area (Å²) in [5.74, 6) is -0.963. The topological polar surface area (TPSA) is 57.5 Å². The van der Waals surface area contributed by atoms with Crippen molar-refractivity contribution >= 4 is 57.4 Å². The molecule has 3 nitrogen and oxygen atoms in total. The van der Waals surface area contributed by atoms with Crippen molar-refractivity contribution in [3.8, 4) is 0 Å². The Hall–Kier alpha value is 1.07. The predicted molar refractivity (Wildman–Crippen MR) is 29.7 cm³/mol. The molecule has 1 atom stereocenters. The van der Waals surface area contributed by atoms with Gasteiger partial charge in [0.15, 0.2) is 0 Å². The van der Waals surface area contributed by atoms with E-state index in [2.05, 4.69) is 0 Å². The van der Waals surface area contributed by atoms with Crippen molar-refractivity contribution in [3.63, 3.8) is 0 Å². The second-order valence-corrected chi connectivity index (χ2v) is 1.45. The zero-order chi connectivity index (χ0) is 5.86. The van der Waals surface area contributed by atoms with Crippen LogP contribution in [0.15, 0.2) is 0 Å². The Morgan fingerprint density at radius 3 is 2.12 bits per heavy atom. The van der Waals surface area contributed by atoms with Crippen LogP contribution in [0.4, 0.5) is 0 Å². The van der Waals surface area contributed by atoms with Crippen molar-refractivity contribution in [3.05, 3.63) is 0 Å². The van der Waals surface area contributed by atoms with Crippen LogP contribution in [0.3, 0.4) is 0 Å². The van der Waals surface area contributed by atoms with Crippen LogP contribution in [-0.2, 0) is 4.79 Å². The standard InChI is InChI=1S/C4H8O3.K/c1-3(5)2-4(6)7;/h3,5H,2H2,1H3,(H,6,7);. The van der Waals surface area contributed by atoms with Gasteiger partial charge < -0.3 is 10.2 Å². The van der Waals surface area contributed by atoms with Crippen LogP contribution in [0.5, 0.6) is 0 Å². The van der Waals surface area contributed by atoms with E-state index in [1.807, 2.05) is 0 Å². The van der Waals surface area contributed by atoms with E-state index < -0.39 is 12.1 Å². The van der Waals surface area contributed by atoms with E-state index >= 15 is 0 Å². The molecule has 0 saturated heterocycles. The molecule has 1 radical (unpaired) electrons. The van der Waals surface area contributed by atoms with Gasteiger partial charge in [-0.25, -0.2) is 0 Å². The van der Waals surface area contributed by atoms with Crippen LogP contribution >= 0.6 is 0 Å². The quantitative estimate of drug-likeness (QED) is 0.510. The van der Waals surface area contributed by atoms with Crippen LogP contribution in [0.25, 0.3) is 0 Å². The van der Waals surface area contributed by atoms with Gasteiger partial charge in [-0.15, -0.1) is 0 Å². The van der Waals surface area contributed by atoms with E-state index in [0.29, 0.717) is 0 Å². The molecule has 0 aromatic heterocycles. The maximum Gasteiger partial charge on any atom is 0.305 e. The van der Waals surface area contributed by atoms with Crippen molar-refractivity contribution in [2.75, 3.05) is 0 Å². The van der Waals surface area contributed by atoms with Crippen LogP contribution in [0.2, 0.25) is 0 Å². The molecule has 0 aliphatic heterocycles. The molecule has 0 aliphatic rings. The Balaban J connectivity index is 0. The Morgan fingerprint density at radius 1 is 1.75 bits per heavy atom. The minimum absolute atomic E-state index is 0. The average Bonchev–Trinajstić information content (AvgIpc) is 1.27. The monoisotopic (exact) mass is 143 g/mol. The molecule has 8 heavy (non-hydrogen) atoms. The van der Waals surface area contributed by atoms with Crippen molar-refractivity contribution < 1.29 is 15.0 Å². The van der Waals surface area contributed by atoms with Gasteiger partial charge >= 0.3 is 5.97 Å². The summed E-state index contributed by atoms with van der Waals surface area (Å²) in [7, 11) is 0. The van der Waals surface area contributed by atoms with Gasteiger partial charge in [-0.1, -0.05) is 0 Å². The fourth-order valence-corrected chi connectivity index (χ4v) is 0.253. The molecule has 0 bridgehead atoms. The van der Waals surface area contributed by atoms with Crippen molar-refractivity contribution in [2.24, 2.45) is 0 Å². The van der Waals surface area contributed by atoms with E-state index in [1.165, 1.54) is 6.92 Å². The van der Waals surface area contributed by atoms with E-state index in [-0.39, 0.29) is 57.8 Å². The first-order valence-corrected chi connectivity index (χ1v) is 2.03. The first kappa shape index (κ1) is 11.8. The first-order chi connectivity index (χ1) is 3.13. The number of aliphatic hydroxyl groups is 1. The summed E-state index contributed by atoms with van der Waals surface area (Å²) >= 11 is 0. The number of hydrogen-bond acceptors (Lipinski definition) is 2. The number of carbonyl (C=O) groups is 1. The van der Waals surface area contributed by atoms with Gasteiger partial charge in [-0.05, 0) is 6.92 Å². The molecule has 43 valence electrons. The van der Waals surface area contributed by atoms with Crippen LogP contribution < -0.4 is 0 Å². The number of aliphatic carboxylic acids is 1. The van der Waals surface area contributed by atoms with Gasteiger partial charge in [-0.2, -0.15) is 0 Å². The summed E-state index contributed by atoms with van der Waals surface area (Å²) in [4.78, 5) is 9.65. The SMILES string of the molecule is CC(O)CC(=O)O.[K]. The largest absolute Gasteiger partial charge is 0.481 e. The number of carboxylic acids is 1. The normalized spacial score (nSPS) is 11.8. The molecule has 4 heteroatoms. The molecule has 0 rings (SSSR count). The molecule has 0 aromatic rings. The van der Waals surface area contributed by atoms with Crippen molar-refractivity contribution in [1.82, 2.24) is 0 Å². The minimum Gasteiger partial charge on any atom is -0.481 e. The molecule has 1 unspecified atom stereocenters. The van der Waals surface area contributed by atoms with Gasteiger partial charge in [0.25, 0.3) is 0 Å². The van der Waals surface area contributed by atoms with Crippen LogP contribution in [0, 0.1) is 0 Å². The van der Waals surface area contributed by atoms with Crippen LogP contribution in [0.1, 0.15) is 13.3 Å². The van der Waals surface area contributed by atoms with Crippen molar-refractivity contribution in [2.45, 2.75) is 19.4 Å².